The molecule has 0 spiro atoms. The van der Waals surface area contributed by atoms with Crippen molar-refractivity contribution in [2.75, 3.05) is 6.54 Å². The van der Waals surface area contributed by atoms with E-state index in [-0.39, 0.29) is 17.7 Å². The molecule has 0 radical (unpaired) electrons. The Kier molecular flexibility index (Phi) is 3.81. The van der Waals surface area contributed by atoms with Crippen LogP contribution < -0.4 is 5.73 Å². The van der Waals surface area contributed by atoms with E-state index in [1.54, 1.807) is 6.07 Å². The molecule has 1 heterocycles. The molecule has 0 bridgehead atoms. The number of nitrogens with zero attached hydrogens (tertiary/aromatic N) is 2. The summed E-state index contributed by atoms with van der Waals surface area (Å²) in [6, 6.07) is 4.78. The zero-order valence-corrected chi connectivity index (χ0v) is 10.4. The molecule has 18 heavy (non-hydrogen) atoms. The van der Waals surface area contributed by atoms with Gasteiger partial charge in [0.2, 0.25) is 0 Å². The minimum atomic E-state index is -0.217. The highest BCUT2D eigenvalue weighted by molar-refractivity contribution is 5.85. The lowest BCUT2D eigenvalue weighted by Gasteiger charge is -2.24. The van der Waals surface area contributed by atoms with E-state index in [1.807, 2.05) is 6.92 Å². The summed E-state index contributed by atoms with van der Waals surface area (Å²) in [7, 11) is 0. The van der Waals surface area contributed by atoms with Crippen molar-refractivity contribution in [2.24, 2.45) is 10.9 Å². The number of rotatable bonds is 3. The Morgan fingerprint density at radius 3 is 3.06 bits per heavy atom. The minimum absolute atomic E-state index is 0.0144. The molecule has 3 N–H and O–H groups in total. The molecular formula is C13H18FN3O. The molecule has 1 unspecified atom stereocenters. The second kappa shape index (κ2) is 5.35. The maximum absolute atomic E-state index is 13.0. The Morgan fingerprint density at radius 1 is 1.61 bits per heavy atom. The fourth-order valence-electron chi connectivity index (χ4n) is 2.47. The quantitative estimate of drug-likeness (QED) is 0.373. The molecule has 2 rings (SSSR count). The smallest absolute Gasteiger partial charge is 0.156 e. The monoisotopic (exact) mass is 251 g/mol. The highest BCUT2D eigenvalue weighted by Crippen LogP contribution is 2.22. The standard InChI is InChI=1S/C13H18FN3O/c1-9-7-11(14)5-4-10(9)8-17-6-2-3-12(17)13(15)16-18/h4-5,7,12,18H,2-3,6,8H2,1H3,(H2,15,16). The number of likely N-dealkylation sites (tertiary alicyclic amines) is 1. The van der Waals surface area contributed by atoms with E-state index in [4.69, 9.17) is 10.9 Å². The van der Waals surface area contributed by atoms with Gasteiger partial charge in [-0.1, -0.05) is 11.2 Å². The van der Waals surface area contributed by atoms with Gasteiger partial charge in [-0.3, -0.25) is 4.90 Å². The highest BCUT2D eigenvalue weighted by Gasteiger charge is 2.28. The Morgan fingerprint density at radius 2 is 2.39 bits per heavy atom. The molecule has 0 aromatic heterocycles. The van der Waals surface area contributed by atoms with Gasteiger partial charge in [-0.2, -0.15) is 0 Å². The number of amidine groups is 1. The van der Waals surface area contributed by atoms with Crippen LogP contribution in [-0.2, 0) is 6.54 Å². The van der Waals surface area contributed by atoms with Gasteiger partial charge >= 0.3 is 0 Å². The molecule has 5 heteroatoms. The van der Waals surface area contributed by atoms with Crippen molar-refractivity contribution in [3.8, 4) is 0 Å². The van der Waals surface area contributed by atoms with Gasteiger partial charge in [0.15, 0.2) is 5.84 Å². The average Bonchev–Trinajstić information content (AvgIpc) is 2.80. The first-order valence-corrected chi connectivity index (χ1v) is 6.08. The average molecular weight is 251 g/mol. The van der Waals surface area contributed by atoms with Crippen LogP contribution >= 0.6 is 0 Å². The van der Waals surface area contributed by atoms with Crippen molar-refractivity contribution < 1.29 is 9.60 Å². The van der Waals surface area contributed by atoms with Crippen LogP contribution in [0.5, 0.6) is 0 Å². The second-order valence-corrected chi connectivity index (χ2v) is 4.72. The van der Waals surface area contributed by atoms with Gasteiger partial charge in [0.1, 0.15) is 5.82 Å². The molecule has 1 aliphatic heterocycles. The molecule has 0 saturated carbocycles. The third-order valence-electron chi connectivity index (χ3n) is 3.50. The molecule has 98 valence electrons. The van der Waals surface area contributed by atoms with Gasteiger partial charge in [-0.05, 0) is 49.6 Å². The first-order valence-electron chi connectivity index (χ1n) is 6.08. The predicted octanol–water partition coefficient (Wildman–Crippen LogP) is 1.84. The molecule has 0 aliphatic carbocycles. The summed E-state index contributed by atoms with van der Waals surface area (Å²) in [5.74, 6) is 0.0397. The van der Waals surface area contributed by atoms with Gasteiger partial charge < -0.3 is 10.9 Å². The van der Waals surface area contributed by atoms with E-state index in [2.05, 4.69) is 10.1 Å². The van der Waals surface area contributed by atoms with Crippen LogP contribution in [0.1, 0.15) is 24.0 Å². The van der Waals surface area contributed by atoms with Crippen molar-refractivity contribution in [1.29, 1.82) is 0 Å². The maximum atomic E-state index is 13.0. The van der Waals surface area contributed by atoms with E-state index < -0.39 is 0 Å². The molecule has 1 aromatic rings. The number of benzene rings is 1. The Bertz CT molecular complexity index is 462. The molecule has 1 aliphatic rings. The maximum Gasteiger partial charge on any atom is 0.156 e. The fraction of sp³-hybridized carbons (Fsp3) is 0.462. The van der Waals surface area contributed by atoms with Crippen molar-refractivity contribution in [1.82, 2.24) is 4.90 Å². The van der Waals surface area contributed by atoms with Crippen LogP contribution in [0.2, 0.25) is 0 Å². The summed E-state index contributed by atoms with van der Waals surface area (Å²) < 4.78 is 13.0. The zero-order chi connectivity index (χ0) is 13.1. The summed E-state index contributed by atoms with van der Waals surface area (Å²) >= 11 is 0. The van der Waals surface area contributed by atoms with Crippen LogP contribution in [0.15, 0.2) is 23.4 Å². The fourth-order valence-corrected chi connectivity index (χ4v) is 2.47. The number of oxime groups is 1. The van der Waals surface area contributed by atoms with Crippen molar-refractivity contribution >= 4 is 5.84 Å². The van der Waals surface area contributed by atoms with Crippen LogP contribution in [0.3, 0.4) is 0 Å². The molecular weight excluding hydrogens is 233 g/mol. The summed E-state index contributed by atoms with van der Waals surface area (Å²) in [5.41, 5.74) is 7.69. The van der Waals surface area contributed by atoms with E-state index in [0.717, 1.165) is 30.5 Å². The molecule has 1 aromatic carbocycles. The number of hydrogen-bond donors (Lipinski definition) is 2. The lowest BCUT2D eigenvalue weighted by molar-refractivity contribution is 0.274. The van der Waals surface area contributed by atoms with Crippen LogP contribution in [-0.4, -0.2) is 28.5 Å². The first kappa shape index (κ1) is 12.8. The molecule has 4 nitrogen and oxygen atoms in total. The van der Waals surface area contributed by atoms with Crippen molar-refractivity contribution in [3.63, 3.8) is 0 Å². The van der Waals surface area contributed by atoms with Gasteiger partial charge in [0, 0.05) is 6.54 Å². The normalized spacial score (nSPS) is 21.4. The lowest BCUT2D eigenvalue weighted by Crippen LogP contribution is -2.40. The van der Waals surface area contributed by atoms with Crippen molar-refractivity contribution in [2.45, 2.75) is 32.4 Å². The SMILES string of the molecule is Cc1cc(F)ccc1CN1CCCC1/C(N)=N/O. The Balaban J connectivity index is 2.13. The van der Waals surface area contributed by atoms with Crippen LogP contribution in [0.25, 0.3) is 0 Å². The van der Waals surface area contributed by atoms with Gasteiger partial charge in [0.25, 0.3) is 0 Å². The third-order valence-corrected chi connectivity index (χ3v) is 3.50. The lowest BCUT2D eigenvalue weighted by atomic mass is 10.1. The van der Waals surface area contributed by atoms with Crippen LogP contribution in [0, 0.1) is 12.7 Å². The zero-order valence-electron chi connectivity index (χ0n) is 10.4. The van der Waals surface area contributed by atoms with E-state index in [0.29, 0.717) is 6.54 Å². The first-order chi connectivity index (χ1) is 8.61. The van der Waals surface area contributed by atoms with Crippen molar-refractivity contribution in [3.05, 3.63) is 35.1 Å². The highest BCUT2D eigenvalue weighted by atomic mass is 19.1. The number of nitrogens with two attached hydrogens (primary N) is 1. The largest absolute Gasteiger partial charge is 0.409 e. The van der Waals surface area contributed by atoms with Gasteiger partial charge in [-0.25, -0.2) is 4.39 Å². The number of aryl methyl sites for hydroxylation is 1. The van der Waals surface area contributed by atoms with Crippen LogP contribution in [0.4, 0.5) is 4.39 Å². The predicted molar refractivity (Wildman–Crippen MR) is 68.0 cm³/mol. The topological polar surface area (TPSA) is 61.8 Å². The third kappa shape index (κ3) is 2.61. The number of halogens is 1. The Labute approximate surface area is 106 Å². The molecule has 1 saturated heterocycles. The second-order valence-electron chi connectivity index (χ2n) is 4.72. The summed E-state index contributed by atoms with van der Waals surface area (Å²) in [6.45, 7) is 3.51. The van der Waals surface area contributed by atoms with Gasteiger partial charge in [-0.15, -0.1) is 0 Å². The van der Waals surface area contributed by atoms with E-state index in [9.17, 15) is 4.39 Å². The summed E-state index contributed by atoms with van der Waals surface area (Å²) in [4.78, 5) is 2.16. The summed E-state index contributed by atoms with van der Waals surface area (Å²) in [6.07, 6.45) is 1.93. The van der Waals surface area contributed by atoms with Gasteiger partial charge in [0.05, 0.1) is 6.04 Å². The molecule has 1 fully saturated rings. The molecule has 1 atom stereocenters. The minimum Gasteiger partial charge on any atom is -0.409 e. The molecule has 0 amide bonds. The Hall–Kier alpha value is -1.62. The number of hydrogen-bond acceptors (Lipinski definition) is 3. The summed E-state index contributed by atoms with van der Waals surface area (Å²) in [5, 5.41) is 11.8. The van der Waals surface area contributed by atoms with E-state index in [1.165, 1.54) is 12.1 Å². The van der Waals surface area contributed by atoms with E-state index >= 15 is 0 Å².